The van der Waals surface area contributed by atoms with E-state index in [-0.39, 0.29) is 5.54 Å². The largest absolute Gasteiger partial charge is 0.311 e. The van der Waals surface area contributed by atoms with E-state index in [1.54, 1.807) is 0 Å². The zero-order valence-corrected chi connectivity index (χ0v) is 13.1. The van der Waals surface area contributed by atoms with Crippen molar-refractivity contribution in [3.8, 4) is 0 Å². The molecule has 1 aliphatic heterocycles. The Morgan fingerprint density at radius 1 is 1.30 bits per heavy atom. The van der Waals surface area contributed by atoms with Crippen LogP contribution in [0.1, 0.15) is 70.5 Å². The van der Waals surface area contributed by atoms with E-state index >= 15 is 0 Å². The lowest BCUT2D eigenvalue weighted by Gasteiger charge is -2.33. The third-order valence-electron chi connectivity index (χ3n) is 5.49. The van der Waals surface area contributed by atoms with Gasteiger partial charge in [-0.3, -0.25) is 4.68 Å². The van der Waals surface area contributed by atoms with Gasteiger partial charge in [0.25, 0.3) is 0 Å². The molecule has 3 heteroatoms. The zero-order chi connectivity index (χ0) is 14.0. The maximum atomic E-state index is 4.90. The van der Waals surface area contributed by atoms with Crippen LogP contribution < -0.4 is 5.32 Å². The highest BCUT2D eigenvalue weighted by Crippen LogP contribution is 2.32. The second-order valence-electron chi connectivity index (χ2n) is 7.10. The molecule has 1 atom stereocenters. The normalized spacial score (nSPS) is 28.4. The van der Waals surface area contributed by atoms with Crippen molar-refractivity contribution >= 4 is 0 Å². The lowest BCUT2D eigenvalue weighted by Crippen LogP contribution is -2.46. The summed E-state index contributed by atoms with van der Waals surface area (Å²) in [5.74, 6) is 0.671. The number of hydrogen-bond acceptors (Lipinski definition) is 2. The van der Waals surface area contributed by atoms with E-state index in [1.165, 1.54) is 57.2 Å². The van der Waals surface area contributed by atoms with Crippen LogP contribution >= 0.6 is 0 Å². The first-order chi connectivity index (χ1) is 9.70. The monoisotopic (exact) mass is 275 g/mol. The lowest BCUT2D eigenvalue weighted by molar-refractivity contribution is 0.264. The molecule has 1 aromatic rings. The molecule has 2 aliphatic rings. The highest BCUT2D eigenvalue weighted by atomic mass is 15.3. The highest BCUT2D eigenvalue weighted by molar-refractivity contribution is 5.09. The summed E-state index contributed by atoms with van der Waals surface area (Å²) in [6, 6.07) is 2.91. The van der Waals surface area contributed by atoms with Crippen LogP contribution in [-0.2, 0) is 6.42 Å². The molecule has 1 saturated heterocycles. The number of nitrogens with zero attached hydrogens (tertiary/aromatic N) is 2. The Morgan fingerprint density at radius 2 is 2.10 bits per heavy atom. The van der Waals surface area contributed by atoms with E-state index < -0.39 is 0 Å². The highest BCUT2D eigenvalue weighted by Gasteiger charge is 2.37. The second kappa shape index (κ2) is 5.88. The third-order valence-corrected chi connectivity index (χ3v) is 5.49. The predicted molar refractivity (Wildman–Crippen MR) is 82.9 cm³/mol. The van der Waals surface area contributed by atoms with Gasteiger partial charge in [-0.2, -0.15) is 5.10 Å². The van der Waals surface area contributed by atoms with Crippen molar-refractivity contribution in [2.45, 2.75) is 76.8 Å². The molecular weight excluding hydrogens is 246 g/mol. The molecule has 20 heavy (non-hydrogen) atoms. The Morgan fingerprint density at radius 3 is 2.75 bits per heavy atom. The summed E-state index contributed by atoms with van der Waals surface area (Å²) in [6.07, 6.45) is 12.7. The first kappa shape index (κ1) is 14.1. The van der Waals surface area contributed by atoms with Crippen molar-refractivity contribution in [2.24, 2.45) is 5.92 Å². The van der Waals surface area contributed by atoms with Crippen LogP contribution in [0.5, 0.6) is 0 Å². The predicted octanol–water partition coefficient (Wildman–Crippen LogP) is 3.71. The fraction of sp³-hybridized carbons (Fsp3) is 0.824. The number of rotatable bonds is 4. The van der Waals surface area contributed by atoms with Crippen molar-refractivity contribution in [2.75, 3.05) is 6.54 Å². The average molecular weight is 275 g/mol. The van der Waals surface area contributed by atoms with E-state index in [1.807, 2.05) is 0 Å². The van der Waals surface area contributed by atoms with Crippen LogP contribution in [0.3, 0.4) is 0 Å². The third kappa shape index (κ3) is 2.78. The van der Waals surface area contributed by atoms with Crippen LogP contribution in [-0.4, -0.2) is 21.9 Å². The maximum absolute atomic E-state index is 4.90. The fourth-order valence-electron chi connectivity index (χ4n) is 4.02. The van der Waals surface area contributed by atoms with Crippen molar-refractivity contribution in [3.63, 3.8) is 0 Å². The van der Waals surface area contributed by atoms with Gasteiger partial charge in [-0.05, 0) is 44.2 Å². The molecule has 1 saturated carbocycles. The summed E-state index contributed by atoms with van der Waals surface area (Å²) < 4.78 is 2.25. The topological polar surface area (TPSA) is 29.9 Å². The van der Waals surface area contributed by atoms with E-state index in [4.69, 9.17) is 5.10 Å². The first-order valence-electron chi connectivity index (χ1n) is 8.49. The van der Waals surface area contributed by atoms with Gasteiger partial charge in [0.2, 0.25) is 0 Å². The van der Waals surface area contributed by atoms with Crippen LogP contribution in [0.2, 0.25) is 0 Å². The van der Waals surface area contributed by atoms with E-state index in [0.29, 0.717) is 12.0 Å². The van der Waals surface area contributed by atoms with Gasteiger partial charge in [0.15, 0.2) is 0 Å². The van der Waals surface area contributed by atoms with Gasteiger partial charge >= 0.3 is 0 Å². The van der Waals surface area contributed by atoms with Gasteiger partial charge in [-0.15, -0.1) is 0 Å². The first-order valence-corrected chi connectivity index (χ1v) is 8.49. The molecule has 0 bridgehead atoms. The van der Waals surface area contributed by atoms with Crippen LogP contribution in [0.15, 0.2) is 12.3 Å². The Bertz CT molecular complexity index is 423. The minimum Gasteiger partial charge on any atom is -0.311 e. The Kier molecular flexibility index (Phi) is 4.16. The average Bonchev–Trinajstić information content (AvgIpc) is 3.10. The molecule has 3 rings (SSSR count). The zero-order valence-electron chi connectivity index (χ0n) is 13.1. The molecule has 3 nitrogen and oxygen atoms in total. The summed E-state index contributed by atoms with van der Waals surface area (Å²) >= 11 is 0. The number of hydrogen-bond donors (Lipinski definition) is 1. The second-order valence-corrected chi connectivity index (χ2v) is 7.10. The summed E-state index contributed by atoms with van der Waals surface area (Å²) in [5.41, 5.74) is 1.56. The smallest absolute Gasteiger partial charge is 0.0643 e. The van der Waals surface area contributed by atoms with Gasteiger partial charge < -0.3 is 5.32 Å². The van der Waals surface area contributed by atoms with Gasteiger partial charge in [-0.1, -0.05) is 33.1 Å². The summed E-state index contributed by atoms with van der Waals surface area (Å²) in [6.45, 7) is 5.86. The lowest BCUT2D eigenvalue weighted by atomic mass is 9.81. The Hall–Kier alpha value is -0.830. The Balaban J connectivity index is 1.70. The SMILES string of the molecule is CC(C)C1(Cc2ccn(C3CCCCC3)n2)CCCN1. The van der Waals surface area contributed by atoms with Crippen molar-refractivity contribution in [1.29, 1.82) is 0 Å². The molecule has 2 fully saturated rings. The molecule has 1 N–H and O–H groups in total. The Labute approximate surface area is 123 Å². The maximum Gasteiger partial charge on any atom is 0.0643 e. The molecule has 0 spiro atoms. The van der Waals surface area contributed by atoms with Gasteiger partial charge in [-0.25, -0.2) is 0 Å². The van der Waals surface area contributed by atoms with Crippen molar-refractivity contribution in [3.05, 3.63) is 18.0 Å². The van der Waals surface area contributed by atoms with Gasteiger partial charge in [0.05, 0.1) is 11.7 Å². The molecule has 1 aromatic heterocycles. The van der Waals surface area contributed by atoms with Crippen molar-refractivity contribution < 1.29 is 0 Å². The van der Waals surface area contributed by atoms with Gasteiger partial charge in [0, 0.05) is 18.2 Å². The van der Waals surface area contributed by atoms with E-state index in [9.17, 15) is 0 Å². The summed E-state index contributed by atoms with van der Waals surface area (Å²) in [7, 11) is 0. The van der Waals surface area contributed by atoms with Gasteiger partial charge in [0.1, 0.15) is 0 Å². The minimum absolute atomic E-state index is 0.283. The molecule has 112 valence electrons. The van der Waals surface area contributed by atoms with E-state index in [0.717, 1.165) is 6.42 Å². The number of nitrogens with one attached hydrogen (secondary N) is 1. The molecule has 0 amide bonds. The molecular formula is C17H29N3. The number of aromatic nitrogens is 2. The molecule has 1 aliphatic carbocycles. The summed E-state index contributed by atoms with van der Waals surface area (Å²) in [5, 5.41) is 8.66. The standard InChI is InChI=1S/C17H29N3/c1-14(2)17(10-6-11-18-17)13-15-9-12-20(19-15)16-7-4-3-5-8-16/h9,12,14,16,18H,3-8,10-11,13H2,1-2H3. The molecule has 0 radical (unpaired) electrons. The quantitative estimate of drug-likeness (QED) is 0.908. The van der Waals surface area contributed by atoms with Crippen LogP contribution in [0.4, 0.5) is 0 Å². The van der Waals surface area contributed by atoms with Crippen LogP contribution in [0, 0.1) is 5.92 Å². The minimum atomic E-state index is 0.283. The fourth-order valence-corrected chi connectivity index (χ4v) is 4.02. The summed E-state index contributed by atoms with van der Waals surface area (Å²) in [4.78, 5) is 0. The molecule has 1 unspecified atom stereocenters. The van der Waals surface area contributed by atoms with E-state index in [2.05, 4.69) is 36.1 Å². The molecule has 0 aromatic carbocycles. The van der Waals surface area contributed by atoms with Crippen molar-refractivity contribution in [1.82, 2.24) is 15.1 Å². The van der Waals surface area contributed by atoms with Crippen LogP contribution in [0.25, 0.3) is 0 Å². The molecule has 2 heterocycles.